The fourth-order valence-electron chi connectivity index (χ4n) is 1.61. The van der Waals surface area contributed by atoms with Crippen molar-refractivity contribution in [2.75, 3.05) is 6.54 Å². The van der Waals surface area contributed by atoms with Gasteiger partial charge in [0.05, 0.1) is 6.54 Å². The molecule has 2 amide bonds. The molecule has 1 aliphatic heterocycles. The maximum absolute atomic E-state index is 13.9. The second-order valence-electron chi connectivity index (χ2n) is 3.71. The van der Waals surface area contributed by atoms with E-state index in [0.29, 0.717) is 11.1 Å². The van der Waals surface area contributed by atoms with E-state index in [1.807, 2.05) is 0 Å². The van der Waals surface area contributed by atoms with Gasteiger partial charge in [0.1, 0.15) is 0 Å². The smallest absolute Gasteiger partial charge is 0.407 e. The fourth-order valence-corrected chi connectivity index (χ4v) is 1.61. The molecule has 0 aliphatic carbocycles. The van der Waals surface area contributed by atoms with E-state index in [1.54, 1.807) is 0 Å². The molecule has 5 nitrogen and oxygen atoms in total. The Bertz CT molecular complexity index is 447. The Kier molecular flexibility index (Phi) is 2.95. The number of hydrogen-bond acceptors (Lipinski definition) is 3. The molecule has 6 heteroatoms. The normalized spacial score (nSPS) is 20.5. The highest BCUT2D eigenvalue weighted by Crippen LogP contribution is 2.25. The molecule has 0 bridgehead atoms. The Morgan fingerprint density at radius 3 is 2.59 bits per heavy atom. The second-order valence-corrected chi connectivity index (χ2v) is 3.71. The summed E-state index contributed by atoms with van der Waals surface area (Å²) in [7, 11) is 0. The molecule has 90 valence electrons. The van der Waals surface area contributed by atoms with Crippen molar-refractivity contribution in [2.24, 2.45) is 5.73 Å². The van der Waals surface area contributed by atoms with Crippen molar-refractivity contribution in [1.29, 1.82) is 0 Å². The third-order valence-corrected chi connectivity index (χ3v) is 2.55. The summed E-state index contributed by atoms with van der Waals surface area (Å²) in [5.41, 5.74) is 5.72. The van der Waals surface area contributed by atoms with Crippen LogP contribution in [0, 0.1) is 0 Å². The molecule has 1 aliphatic rings. The first kappa shape index (κ1) is 11.4. The zero-order valence-corrected chi connectivity index (χ0v) is 8.85. The number of amides is 2. The summed E-state index contributed by atoms with van der Waals surface area (Å²) in [6.07, 6.45) is -2.87. The number of alkyl halides is 1. The quantitative estimate of drug-likeness (QED) is 0.821. The van der Waals surface area contributed by atoms with E-state index in [-0.39, 0.29) is 6.54 Å². The van der Waals surface area contributed by atoms with E-state index >= 15 is 0 Å². The molecule has 1 heterocycles. The third-order valence-electron chi connectivity index (χ3n) is 2.55. The minimum atomic E-state index is -1.42. The summed E-state index contributed by atoms with van der Waals surface area (Å²) >= 11 is 0. The Balaban J connectivity index is 2.11. The number of halogens is 1. The lowest BCUT2D eigenvalue weighted by Gasteiger charge is -2.13. The van der Waals surface area contributed by atoms with Crippen molar-refractivity contribution in [2.45, 2.75) is 12.3 Å². The molecule has 2 rings (SSSR count). The first-order chi connectivity index (χ1) is 8.08. The maximum Gasteiger partial charge on any atom is 0.407 e. The van der Waals surface area contributed by atoms with Gasteiger partial charge in [-0.3, -0.25) is 4.79 Å². The molecule has 0 saturated carbocycles. The van der Waals surface area contributed by atoms with Gasteiger partial charge < -0.3 is 15.8 Å². The zero-order chi connectivity index (χ0) is 12.4. The molecule has 2 atom stereocenters. The zero-order valence-electron chi connectivity index (χ0n) is 8.85. The molecule has 0 spiro atoms. The van der Waals surface area contributed by atoms with Crippen molar-refractivity contribution in [3.8, 4) is 0 Å². The van der Waals surface area contributed by atoms with Crippen LogP contribution in [0.3, 0.4) is 0 Å². The molecule has 0 unspecified atom stereocenters. The van der Waals surface area contributed by atoms with Crippen molar-refractivity contribution in [1.82, 2.24) is 5.32 Å². The summed E-state index contributed by atoms with van der Waals surface area (Å²) in [4.78, 5) is 21.6. The molecular weight excluding hydrogens is 227 g/mol. The number of nitrogens with one attached hydrogen (secondary N) is 1. The molecule has 0 radical (unpaired) electrons. The minimum Gasteiger partial charge on any atom is -0.441 e. The molecule has 1 aromatic carbocycles. The monoisotopic (exact) mass is 238 g/mol. The number of rotatable bonds is 3. The average Bonchev–Trinajstić information content (AvgIpc) is 2.75. The summed E-state index contributed by atoms with van der Waals surface area (Å²) in [5, 5.41) is 2.37. The van der Waals surface area contributed by atoms with Crippen LogP contribution in [0.4, 0.5) is 9.18 Å². The Labute approximate surface area is 96.7 Å². The highest BCUT2D eigenvalue weighted by molar-refractivity contribution is 5.92. The van der Waals surface area contributed by atoms with Crippen molar-refractivity contribution in [3.63, 3.8) is 0 Å². The van der Waals surface area contributed by atoms with Crippen molar-refractivity contribution < 1.29 is 18.7 Å². The molecular formula is C11H11FN2O3. The van der Waals surface area contributed by atoms with E-state index < -0.39 is 24.3 Å². The highest BCUT2D eigenvalue weighted by Gasteiger charge is 2.31. The van der Waals surface area contributed by atoms with Gasteiger partial charge in [0.25, 0.3) is 0 Å². The van der Waals surface area contributed by atoms with E-state index in [1.165, 1.54) is 24.3 Å². The largest absolute Gasteiger partial charge is 0.441 e. The lowest BCUT2D eigenvalue weighted by Crippen LogP contribution is -2.20. The third kappa shape index (κ3) is 2.35. The number of carbonyl (C=O) groups is 2. The molecule has 1 aromatic rings. The van der Waals surface area contributed by atoms with Crippen LogP contribution in [0.1, 0.15) is 22.1 Å². The van der Waals surface area contributed by atoms with Gasteiger partial charge in [-0.15, -0.1) is 0 Å². The highest BCUT2D eigenvalue weighted by atomic mass is 19.1. The van der Waals surface area contributed by atoms with Gasteiger partial charge >= 0.3 is 6.09 Å². The Hall–Kier alpha value is -2.11. The van der Waals surface area contributed by atoms with Gasteiger partial charge in [-0.25, -0.2) is 9.18 Å². The Morgan fingerprint density at radius 2 is 2.12 bits per heavy atom. The summed E-state index contributed by atoms with van der Waals surface area (Å²) in [6.45, 7) is 0.136. The summed E-state index contributed by atoms with van der Waals surface area (Å²) in [6, 6.07) is 5.79. The summed E-state index contributed by atoms with van der Waals surface area (Å²) < 4.78 is 18.7. The number of carbonyl (C=O) groups excluding carboxylic acids is 2. The number of nitrogens with two attached hydrogens (primary N) is 1. The number of ether oxygens (including phenoxy) is 1. The minimum absolute atomic E-state index is 0.136. The van der Waals surface area contributed by atoms with E-state index in [4.69, 9.17) is 10.5 Å². The molecule has 3 N–H and O–H groups in total. The number of benzene rings is 1. The van der Waals surface area contributed by atoms with Crippen molar-refractivity contribution >= 4 is 12.0 Å². The second kappa shape index (κ2) is 4.40. The van der Waals surface area contributed by atoms with E-state index in [2.05, 4.69) is 5.32 Å². The van der Waals surface area contributed by atoms with E-state index in [0.717, 1.165) is 0 Å². The van der Waals surface area contributed by atoms with Crippen LogP contribution < -0.4 is 11.1 Å². The topological polar surface area (TPSA) is 81.4 Å². The van der Waals surface area contributed by atoms with Gasteiger partial charge in [0.15, 0.2) is 12.3 Å². The standard InChI is InChI=1S/C11H11FN2O3/c12-9(8-5-14-11(16)17-8)6-1-3-7(4-2-6)10(13)15/h1-4,8-9H,5H2,(H2,13,15)(H,14,16)/t8-,9-/m0/s1. The first-order valence-corrected chi connectivity index (χ1v) is 5.06. The number of primary amides is 1. The number of alkyl carbamates (subject to hydrolysis) is 1. The number of hydrogen-bond donors (Lipinski definition) is 2. The van der Waals surface area contributed by atoms with Crippen LogP contribution in [-0.2, 0) is 4.74 Å². The van der Waals surface area contributed by atoms with Crippen LogP contribution in [0.25, 0.3) is 0 Å². The number of cyclic esters (lactones) is 1. The molecule has 1 saturated heterocycles. The lowest BCUT2D eigenvalue weighted by atomic mass is 10.0. The Morgan fingerprint density at radius 1 is 1.47 bits per heavy atom. The fraction of sp³-hybridized carbons (Fsp3) is 0.273. The lowest BCUT2D eigenvalue weighted by molar-refractivity contribution is 0.0833. The van der Waals surface area contributed by atoms with Crippen LogP contribution >= 0.6 is 0 Å². The SMILES string of the molecule is NC(=O)c1ccc([C@H](F)[C@@H]2CNC(=O)O2)cc1. The van der Waals surface area contributed by atoms with E-state index in [9.17, 15) is 14.0 Å². The molecule has 0 aromatic heterocycles. The summed E-state index contributed by atoms with van der Waals surface area (Å²) in [5.74, 6) is -0.569. The van der Waals surface area contributed by atoms with Gasteiger partial charge in [-0.1, -0.05) is 12.1 Å². The van der Waals surface area contributed by atoms with Crippen LogP contribution in [0.15, 0.2) is 24.3 Å². The average molecular weight is 238 g/mol. The maximum atomic E-state index is 13.9. The predicted octanol–water partition coefficient (Wildman–Crippen LogP) is 0.904. The van der Waals surface area contributed by atoms with Gasteiger partial charge in [0, 0.05) is 5.56 Å². The first-order valence-electron chi connectivity index (χ1n) is 5.06. The van der Waals surface area contributed by atoms with Crippen LogP contribution in [-0.4, -0.2) is 24.6 Å². The van der Waals surface area contributed by atoms with Crippen molar-refractivity contribution in [3.05, 3.63) is 35.4 Å². The predicted molar refractivity (Wildman–Crippen MR) is 57.1 cm³/mol. The van der Waals surface area contributed by atoms with Gasteiger partial charge in [0.2, 0.25) is 5.91 Å². The molecule has 17 heavy (non-hydrogen) atoms. The van der Waals surface area contributed by atoms with Crippen LogP contribution in [0.2, 0.25) is 0 Å². The van der Waals surface area contributed by atoms with Crippen LogP contribution in [0.5, 0.6) is 0 Å². The molecule has 1 fully saturated rings. The van der Waals surface area contributed by atoms with Gasteiger partial charge in [-0.05, 0) is 17.7 Å². The van der Waals surface area contributed by atoms with Gasteiger partial charge in [-0.2, -0.15) is 0 Å².